The van der Waals surface area contributed by atoms with Gasteiger partial charge in [0.05, 0.1) is 24.2 Å². The number of hydrogen-bond donors (Lipinski definition) is 1. The molecule has 3 heterocycles. The van der Waals surface area contributed by atoms with Crippen LogP contribution in [0.4, 0.5) is 5.69 Å². The highest BCUT2D eigenvalue weighted by molar-refractivity contribution is 5.67. The van der Waals surface area contributed by atoms with E-state index >= 15 is 0 Å². The molecule has 2 aromatic rings. The van der Waals surface area contributed by atoms with Gasteiger partial charge in [-0.15, -0.1) is 0 Å². The van der Waals surface area contributed by atoms with Crippen LogP contribution in [0.25, 0.3) is 0 Å². The topological polar surface area (TPSA) is 39.1 Å². The Morgan fingerprint density at radius 2 is 1.71 bits per heavy atom. The van der Waals surface area contributed by atoms with Gasteiger partial charge in [-0.2, -0.15) is 5.26 Å². The molecular weight excluding hydrogens is 258 g/mol. The van der Waals surface area contributed by atoms with Crippen molar-refractivity contribution in [1.29, 1.82) is 5.26 Å². The largest absolute Gasteiger partial charge is 0.353 e. The molecule has 102 valence electrons. The number of fused-ring (bicyclic) bond motifs is 7. The molecular formula is C18H15N3. The van der Waals surface area contributed by atoms with Gasteiger partial charge >= 0.3 is 0 Å². The molecule has 0 radical (unpaired) electrons. The van der Waals surface area contributed by atoms with E-state index in [9.17, 15) is 5.26 Å². The lowest BCUT2D eigenvalue weighted by Gasteiger charge is -2.47. The van der Waals surface area contributed by atoms with Gasteiger partial charge in [-0.1, -0.05) is 42.5 Å². The fraction of sp³-hybridized carbons (Fsp3) is 0.278. The second-order valence-electron chi connectivity index (χ2n) is 6.14. The van der Waals surface area contributed by atoms with Gasteiger partial charge in [0.15, 0.2) is 0 Å². The van der Waals surface area contributed by atoms with Gasteiger partial charge in [-0.3, -0.25) is 5.32 Å². The molecule has 1 N–H and O–H groups in total. The first kappa shape index (κ1) is 11.4. The minimum Gasteiger partial charge on any atom is -0.353 e. The highest BCUT2D eigenvalue weighted by atomic mass is 15.3. The number of hydrogen-bond acceptors (Lipinski definition) is 3. The quantitative estimate of drug-likeness (QED) is 0.802. The van der Waals surface area contributed by atoms with Gasteiger partial charge in [0.2, 0.25) is 0 Å². The number of anilines is 1. The Morgan fingerprint density at radius 1 is 1.00 bits per heavy atom. The molecule has 2 aromatic carbocycles. The molecule has 3 heteroatoms. The fourth-order valence-corrected chi connectivity index (χ4v) is 4.36. The minimum absolute atomic E-state index is 0.00509. The summed E-state index contributed by atoms with van der Waals surface area (Å²) >= 11 is 0. The molecule has 21 heavy (non-hydrogen) atoms. The van der Waals surface area contributed by atoms with Gasteiger partial charge in [0.25, 0.3) is 0 Å². The van der Waals surface area contributed by atoms with Gasteiger partial charge in [0, 0.05) is 18.2 Å². The molecule has 3 aliphatic rings. The first-order chi connectivity index (χ1) is 10.4. The maximum atomic E-state index is 9.59. The van der Waals surface area contributed by atoms with E-state index in [1.165, 1.54) is 22.4 Å². The SMILES string of the molecule is N#C[C@@H]1CN2c3ccccc3[C@@H]3c4ccccc4[C@H]1N[C@@H]32. The van der Waals surface area contributed by atoms with Crippen LogP contribution in [0.15, 0.2) is 48.5 Å². The van der Waals surface area contributed by atoms with E-state index in [0.29, 0.717) is 12.1 Å². The zero-order valence-electron chi connectivity index (χ0n) is 11.5. The molecule has 0 aliphatic carbocycles. The zero-order chi connectivity index (χ0) is 14.0. The number of nitriles is 1. The summed E-state index contributed by atoms with van der Waals surface area (Å²) in [6.07, 6.45) is 0.298. The van der Waals surface area contributed by atoms with Crippen LogP contribution in [0.1, 0.15) is 28.7 Å². The minimum atomic E-state index is -0.00509. The van der Waals surface area contributed by atoms with E-state index in [0.717, 1.165) is 6.54 Å². The summed E-state index contributed by atoms with van der Waals surface area (Å²) in [6, 6.07) is 19.9. The molecule has 0 aromatic heterocycles. The van der Waals surface area contributed by atoms with Crippen molar-refractivity contribution in [3.63, 3.8) is 0 Å². The molecule has 2 bridgehead atoms. The molecule has 0 saturated carbocycles. The van der Waals surface area contributed by atoms with Gasteiger partial charge in [0.1, 0.15) is 0 Å². The van der Waals surface area contributed by atoms with E-state index in [-0.39, 0.29) is 12.0 Å². The summed E-state index contributed by atoms with van der Waals surface area (Å²) in [4.78, 5) is 2.39. The number of nitrogens with one attached hydrogen (secondary N) is 1. The van der Waals surface area contributed by atoms with E-state index in [2.05, 4.69) is 64.8 Å². The third kappa shape index (κ3) is 1.31. The number of rotatable bonds is 0. The molecule has 0 amide bonds. The van der Waals surface area contributed by atoms with Gasteiger partial charge in [-0.05, 0) is 22.8 Å². The second kappa shape index (κ2) is 3.87. The lowest BCUT2D eigenvalue weighted by atomic mass is 9.77. The van der Waals surface area contributed by atoms with E-state index in [1.807, 2.05) is 0 Å². The van der Waals surface area contributed by atoms with Crippen LogP contribution in [-0.4, -0.2) is 12.7 Å². The Labute approximate surface area is 123 Å². The Morgan fingerprint density at radius 3 is 2.52 bits per heavy atom. The average Bonchev–Trinajstić information content (AvgIpc) is 2.90. The summed E-state index contributed by atoms with van der Waals surface area (Å²) in [5.41, 5.74) is 5.37. The van der Waals surface area contributed by atoms with Gasteiger partial charge < -0.3 is 4.90 Å². The van der Waals surface area contributed by atoms with Crippen molar-refractivity contribution in [3.8, 4) is 6.07 Å². The molecule has 0 spiro atoms. The van der Waals surface area contributed by atoms with Crippen molar-refractivity contribution in [2.75, 3.05) is 11.4 Å². The molecule has 4 atom stereocenters. The predicted molar refractivity (Wildman–Crippen MR) is 80.8 cm³/mol. The second-order valence-corrected chi connectivity index (χ2v) is 6.14. The van der Waals surface area contributed by atoms with Crippen molar-refractivity contribution in [2.45, 2.75) is 18.1 Å². The van der Waals surface area contributed by atoms with Gasteiger partial charge in [-0.25, -0.2) is 0 Å². The molecule has 0 unspecified atom stereocenters. The molecule has 1 fully saturated rings. The Kier molecular flexibility index (Phi) is 2.09. The van der Waals surface area contributed by atoms with Crippen molar-refractivity contribution in [3.05, 3.63) is 65.2 Å². The first-order valence-electron chi connectivity index (χ1n) is 7.48. The fourth-order valence-electron chi connectivity index (χ4n) is 4.36. The lowest BCUT2D eigenvalue weighted by Crippen LogP contribution is -2.58. The van der Waals surface area contributed by atoms with E-state index < -0.39 is 0 Å². The van der Waals surface area contributed by atoms with Crippen LogP contribution in [0.5, 0.6) is 0 Å². The summed E-state index contributed by atoms with van der Waals surface area (Å²) < 4.78 is 0. The van der Waals surface area contributed by atoms with Crippen molar-refractivity contribution in [1.82, 2.24) is 5.32 Å². The van der Waals surface area contributed by atoms with Crippen LogP contribution >= 0.6 is 0 Å². The molecule has 5 rings (SSSR count). The molecule has 3 aliphatic heterocycles. The molecule has 3 nitrogen and oxygen atoms in total. The van der Waals surface area contributed by atoms with Crippen molar-refractivity contribution < 1.29 is 0 Å². The number of nitrogens with zero attached hydrogens (tertiary/aromatic N) is 2. The maximum Gasteiger partial charge on any atom is 0.0912 e. The Hall–Kier alpha value is -2.31. The summed E-state index contributed by atoms with van der Waals surface area (Å²) in [7, 11) is 0. The number of benzene rings is 2. The third-order valence-electron chi connectivity index (χ3n) is 5.21. The predicted octanol–water partition coefficient (Wildman–Crippen LogP) is 2.76. The van der Waals surface area contributed by atoms with Crippen molar-refractivity contribution in [2.24, 2.45) is 5.92 Å². The smallest absolute Gasteiger partial charge is 0.0912 e. The normalized spacial score (nSPS) is 31.3. The Balaban J connectivity index is 1.82. The molecule has 1 saturated heterocycles. The van der Waals surface area contributed by atoms with Crippen LogP contribution in [0, 0.1) is 17.2 Å². The van der Waals surface area contributed by atoms with E-state index in [4.69, 9.17) is 0 Å². The third-order valence-corrected chi connectivity index (χ3v) is 5.21. The van der Waals surface area contributed by atoms with Crippen LogP contribution < -0.4 is 10.2 Å². The monoisotopic (exact) mass is 273 g/mol. The highest BCUT2D eigenvalue weighted by Crippen LogP contribution is 2.52. The van der Waals surface area contributed by atoms with E-state index in [1.54, 1.807) is 0 Å². The van der Waals surface area contributed by atoms with Crippen LogP contribution in [-0.2, 0) is 0 Å². The summed E-state index contributed by atoms with van der Waals surface area (Å²) in [5, 5.41) is 13.3. The number of para-hydroxylation sites is 1. The highest BCUT2D eigenvalue weighted by Gasteiger charge is 2.50. The summed E-state index contributed by atoms with van der Waals surface area (Å²) in [6.45, 7) is 0.820. The average molecular weight is 273 g/mol. The van der Waals surface area contributed by atoms with Crippen molar-refractivity contribution >= 4 is 5.69 Å². The maximum absolute atomic E-state index is 9.59. The standard InChI is InChI=1S/C18H15N3/c19-9-11-10-21-15-8-4-3-7-14(15)16-12-5-1-2-6-13(12)17(11)20-18(16)21/h1-8,11,16-18,20H,10H2/t11-,16+,17+,18-/m1/s1. The zero-order valence-corrected chi connectivity index (χ0v) is 11.5. The summed E-state index contributed by atoms with van der Waals surface area (Å²) in [5.74, 6) is 0.378. The lowest BCUT2D eigenvalue weighted by molar-refractivity contribution is 0.274. The van der Waals surface area contributed by atoms with Crippen LogP contribution in [0.2, 0.25) is 0 Å². The first-order valence-corrected chi connectivity index (χ1v) is 7.48. The van der Waals surface area contributed by atoms with Crippen LogP contribution in [0.3, 0.4) is 0 Å². The Bertz CT molecular complexity index is 776.